The third-order valence-electron chi connectivity index (χ3n) is 5.84. The molecule has 0 fully saturated rings. The van der Waals surface area contributed by atoms with Crippen molar-refractivity contribution in [2.24, 2.45) is 0 Å². The number of aromatic nitrogens is 3. The van der Waals surface area contributed by atoms with Crippen molar-refractivity contribution in [3.05, 3.63) is 93.9 Å². The van der Waals surface area contributed by atoms with E-state index in [2.05, 4.69) is 15.0 Å². The summed E-state index contributed by atoms with van der Waals surface area (Å²) in [5, 5.41) is 1.23. The maximum absolute atomic E-state index is 14.2. The van der Waals surface area contributed by atoms with Gasteiger partial charge in [0.25, 0.3) is 0 Å². The maximum atomic E-state index is 14.2. The molecule has 1 unspecified atom stereocenters. The van der Waals surface area contributed by atoms with E-state index in [0.717, 1.165) is 6.92 Å². The van der Waals surface area contributed by atoms with Crippen molar-refractivity contribution in [2.45, 2.75) is 19.0 Å². The highest BCUT2D eigenvalue weighted by atomic mass is 35.5. The van der Waals surface area contributed by atoms with Crippen LogP contribution in [0.25, 0.3) is 44.3 Å². The van der Waals surface area contributed by atoms with E-state index >= 15 is 0 Å². The standard InChI is InChI=1S/C26H17ClF3N3O/c1-14(26(28,29)30)21-18-9-10-20(34)32-25(18)33-24(15-6-3-2-4-7-15)22(21)17-12-16-8-5-11-31-23(16)19(27)13-17/h2-14H,1H3,(H,32,33,34). The number of halogens is 4. The van der Waals surface area contributed by atoms with E-state index in [-0.39, 0.29) is 16.6 Å². The molecule has 1 atom stereocenters. The number of fused-ring (bicyclic) bond motifs is 2. The Morgan fingerprint density at radius 1 is 0.971 bits per heavy atom. The van der Waals surface area contributed by atoms with Crippen LogP contribution in [0.1, 0.15) is 18.4 Å². The second-order valence-corrected chi connectivity index (χ2v) is 8.40. The molecule has 0 aliphatic carbocycles. The van der Waals surface area contributed by atoms with Crippen LogP contribution >= 0.6 is 11.6 Å². The van der Waals surface area contributed by atoms with Gasteiger partial charge in [-0.2, -0.15) is 13.2 Å². The molecular formula is C26H17ClF3N3O. The Labute approximate surface area is 197 Å². The van der Waals surface area contributed by atoms with Gasteiger partial charge in [-0.25, -0.2) is 4.98 Å². The van der Waals surface area contributed by atoms with Crippen LogP contribution in [0.4, 0.5) is 13.2 Å². The maximum Gasteiger partial charge on any atom is 0.395 e. The Hall–Kier alpha value is -3.71. The third kappa shape index (κ3) is 3.82. The van der Waals surface area contributed by atoms with Crippen molar-refractivity contribution < 1.29 is 13.2 Å². The first-order valence-corrected chi connectivity index (χ1v) is 10.9. The smallest absolute Gasteiger partial charge is 0.307 e. The molecular weight excluding hydrogens is 463 g/mol. The molecule has 5 rings (SSSR count). The van der Waals surface area contributed by atoms with E-state index in [4.69, 9.17) is 11.6 Å². The summed E-state index contributed by atoms with van der Waals surface area (Å²) in [6.07, 6.45) is -2.93. The number of rotatable bonds is 3. The molecule has 8 heteroatoms. The Morgan fingerprint density at radius 2 is 1.74 bits per heavy atom. The minimum absolute atomic E-state index is 0.0203. The molecule has 170 valence electrons. The SMILES string of the molecule is CC(c1c(-c2cc(Cl)c3ncccc3c2)c(-c2ccccc2)nc2[nH]c(=O)ccc12)C(F)(F)F. The topological polar surface area (TPSA) is 58.6 Å². The lowest BCUT2D eigenvalue weighted by Gasteiger charge is -2.24. The summed E-state index contributed by atoms with van der Waals surface area (Å²) in [5.74, 6) is -1.84. The van der Waals surface area contributed by atoms with Gasteiger partial charge >= 0.3 is 6.18 Å². The predicted octanol–water partition coefficient (Wildman–Crippen LogP) is 7.12. The highest BCUT2D eigenvalue weighted by Gasteiger charge is 2.40. The van der Waals surface area contributed by atoms with Gasteiger partial charge in [0.05, 0.1) is 22.2 Å². The van der Waals surface area contributed by atoms with E-state index in [9.17, 15) is 18.0 Å². The van der Waals surface area contributed by atoms with Crippen molar-refractivity contribution in [3.63, 3.8) is 0 Å². The van der Waals surface area contributed by atoms with E-state index in [1.165, 1.54) is 12.1 Å². The lowest BCUT2D eigenvalue weighted by Crippen LogP contribution is -2.20. The second kappa shape index (κ2) is 8.25. The number of alkyl halides is 3. The summed E-state index contributed by atoms with van der Waals surface area (Å²) in [7, 11) is 0. The number of H-pyrrole nitrogens is 1. The fourth-order valence-corrected chi connectivity index (χ4v) is 4.48. The van der Waals surface area contributed by atoms with Crippen molar-refractivity contribution in [2.75, 3.05) is 0 Å². The van der Waals surface area contributed by atoms with Crippen molar-refractivity contribution in [1.29, 1.82) is 0 Å². The number of nitrogens with zero attached hydrogens (tertiary/aromatic N) is 2. The normalized spacial score (nSPS) is 12.9. The van der Waals surface area contributed by atoms with Crippen LogP contribution < -0.4 is 5.56 Å². The fraction of sp³-hybridized carbons (Fsp3) is 0.115. The van der Waals surface area contributed by atoms with Crippen LogP contribution in [-0.4, -0.2) is 21.1 Å². The van der Waals surface area contributed by atoms with Crippen LogP contribution in [0.2, 0.25) is 5.02 Å². The highest BCUT2D eigenvalue weighted by Crippen LogP contribution is 2.46. The predicted molar refractivity (Wildman–Crippen MR) is 128 cm³/mol. The molecule has 4 nitrogen and oxygen atoms in total. The molecule has 0 spiro atoms. The second-order valence-electron chi connectivity index (χ2n) is 8.00. The largest absolute Gasteiger partial charge is 0.395 e. The summed E-state index contributed by atoms with van der Waals surface area (Å²) in [5.41, 5.74) is 1.94. The van der Waals surface area contributed by atoms with Gasteiger partial charge in [0.1, 0.15) is 5.65 Å². The zero-order valence-corrected chi connectivity index (χ0v) is 18.6. The summed E-state index contributed by atoms with van der Waals surface area (Å²) in [6, 6.07) is 18.4. The van der Waals surface area contributed by atoms with Gasteiger partial charge < -0.3 is 4.98 Å². The molecule has 3 heterocycles. The molecule has 5 aromatic rings. The van der Waals surface area contributed by atoms with Crippen molar-refractivity contribution >= 4 is 33.5 Å². The highest BCUT2D eigenvalue weighted by molar-refractivity contribution is 6.35. The van der Waals surface area contributed by atoms with Crippen LogP contribution in [-0.2, 0) is 0 Å². The number of benzene rings is 2. The first-order valence-electron chi connectivity index (χ1n) is 10.5. The molecule has 34 heavy (non-hydrogen) atoms. The average molecular weight is 480 g/mol. The minimum Gasteiger partial charge on any atom is -0.307 e. The zero-order chi connectivity index (χ0) is 24.0. The molecule has 3 aromatic heterocycles. The van der Waals surface area contributed by atoms with E-state index < -0.39 is 17.7 Å². The number of hydrogen-bond donors (Lipinski definition) is 1. The third-order valence-corrected chi connectivity index (χ3v) is 6.12. The molecule has 0 aliphatic heterocycles. The van der Waals surface area contributed by atoms with E-state index in [1.807, 2.05) is 6.07 Å². The number of pyridine rings is 3. The van der Waals surface area contributed by atoms with E-state index in [1.54, 1.807) is 54.7 Å². The van der Waals surface area contributed by atoms with Crippen LogP contribution in [0, 0.1) is 0 Å². The Morgan fingerprint density at radius 3 is 2.47 bits per heavy atom. The Balaban J connectivity index is 1.98. The Kier molecular flexibility index (Phi) is 5.37. The molecule has 0 saturated carbocycles. The lowest BCUT2D eigenvalue weighted by atomic mass is 9.85. The molecule has 0 radical (unpaired) electrons. The molecule has 1 N–H and O–H groups in total. The molecule has 0 aliphatic rings. The molecule has 0 saturated heterocycles. The first-order chi connectivity index (χ1) is 16.2. The average Bonchev–Trinajstić information content (AvgIpc) is 2.82. The fourth-order valence-electron chi connectivity index (χ4n) is 4.20. The van der Waals surface area contributed by atoms with Gasteiger partial charge in [0, 0.05) is 34.2 Å². The van der Waals surface area contributed by atoms with E-state index in [0.29, 0.717) is 38.3 Å². The summed E-state index contributed by atoms with van der Waals surface area (Å²) < 4.78 is 42.5. The summed E-state index contributed by atoms with van der Waals surface area (Å²) in [4.78, 5) is 23.5. The van der Waals surface area contributed by atoms with Gasteiger partial charge in [0.15, 0.2) is 0 Å². The first kappa shape index (κ1) is 22.1. The van der Waals surface area contributed by atoms with Crippen LogP contribution in [0.3, 0.4) is 0 Å². The van der Waals surface area contributed by atoms with Gasteiger partial charge in [-0.05, 0) is 42.3 Å². The minimum atomic E-state index is -4.53. The molecule has 2 aromatic carbocycles. The molecule has 0 amide bonds. The number of nitrogens with one attached hydrogen (secondary N) is 1. The monoisotopic (exact) mass is 479 g/mol. The van der Waals surface area contributed by atoms with Gasteiger partial charge in [-0.1, -0.05) is 48.0 Å². The summed E-state index contributed by atoms with van der Waals surface area (Å²) in [6.45, 7) is 1.11. The lowest BCUT2D eigenvalue weighted by molar-refractivity contribution is -0.145. The number of aromatic amines is 1. The molecule has 0 bridgehead atoms. The van der Waals surface area contributed by atoms with Gasteiger partial charge in [-0.15, -0.1) is 0 Å². The zero-order valence-electron chi connectivity index (χ0n) is 17.8. The van der Waals surface area contributed by atoms with Gasteiger partial charge in [-0.3, -0.25) is 9.78 Å². The number of hydrogen-bond acceptors (Lipinski definition) is 3. The summed E-state index contributed by atoms with van der Waals surface area (Å²) >= 11 is 6.52. The Bertz CT molecular complexity index is 1600. The quantitative estimate of drug-likeness (QED) is 0.299. The van der Waals surface area contributed by atoms with Gasteiger partial charge in [0.2, 0.25) is 5.56 Å². The van der Waals surface area contributed by atoms with Crippen molar-refractivity contribution in [3.8, 4) is 22.4 Å². The van der Waals surface area contributed by atoms with Crippen LogP contribution in [0.15, 0.2) is 77.7 Å². The van der Waals surface area contributed by atoms with Crippen LogP contribution in [0.5, 0.6) is 0 Å². The van der Waals surface area contributed by atoms with Crippen molar-refractivity contribution in [1.82, 2.24) is 15.0 Å².